The largest absolute Gasteiger partial charge is 0.377 e. The zero-order chi connectivity index (χ0) is 12.1. The summed E-state index contributed by atoms with van der Waals surface area (Å²) < 4.78 is 18.9. The fraction of sp³-hybridized carbons (Fsp3) is 0.455. The number of benzene rings is 1. The topological polar surface area (TPSA) is 47.3 Å². The number of hydrogen-bond donors (Lipinski definition) is 2. The second kappa shape index (κ2) is 6.30. The maximum Gasteiger partial charge on any atom is 0.137 e. The lowest BCUT2D eigenvalue weighted by molar-refractivity contribution is 0.0611. The highest BCUT2D eigenvalue weighted by atomic mass is 79.9. The van der Waals surface area contributed by atoms with E-state index < -0.39 is 0 Å². The van der Waals surface area contributed by atoms with Crippen molar-refractivity contribution in [2.45, 2.75) is 26.0 Å². The van der Waals surface area contributed by atoms with Crippen molar-refractivity contribution in [2.24, 2.45) is 5.84 Å². The molecule has 0 spiro atoms. The van der Waals surface area contributed by atoms with E-state index in [1.165, 1.54) is 6.07 Å². The van der Waals surface area contributed by atoms with Crippen LogP contribution in [0.5, 0.6) is 0 Å². The van der Waals surface area contributed by atoms with Crippen LogP contribution in [0, 0.1) is 5.82 Å². The fourth-order valence-corrected chi connectivity index (χ4v) is 1.65. The predicted molar refractivity (Wildman–Crippen MR) is 65.3 cm³/mol. The second-order valence-electron chi connectivity index (χ2n) is 3.77. The molecule has 5 heteroatoms. The Morgan fingerprint density at radius 1 is 1.50 bits per heavy atom. The van der Waals surface area contributed by atoms with Gasteiger partial charge in [-0.3, -0.25) is 11.3 Å². The van der Waals surface area contributed by atoms with Gasteiger partial charge in [0.25, 0.3) is 0 Å². The van der Waals surface area contributed by atoms with Crippen molar-refractivity contribution in [2.75, 3.05) is 6.61 Å². The molecule has 1 atom stereocenters. The minimum absolute atomic E-state index is 0.139. The first-order chi connectivity index (χ1) is 7.54. The third kappa shape index (κ3) is 3.83. The minimum atomic E-state index is -0.288. The van der Waals surface area contributed by atoms with Crippen LogP contribution in [-0.4, -0.2) is 12.7 Å². The van der Waals surface area contributed by atoms with Gasteiger partial charge in [-0.2, -0.15) is 0 Å². The molecule has 0 amide bonds. The molecule has 16 heavy (non-hydrogen) atoms. The average Bonchev–Trinajstić information content (AvgIpc) is 2.23. The van der Waals surface area contributed by atoms with Crippen molar-refractivity contribution in [3.63, 3.8) is 0 Å². The first kappa shape index (κ1) is 13.6. The highest BCUT2D eigenvalue weighted by Crippen LogP contribution is 2.21. The smallest absolute Gasteiger partial charge is 0.137 e. The molecule has 3 N–H and O–H groups in total. The molecule has 1 aromatic carbocycles. The first-order valence-corrected chi connectivity index (χ1v) is 5.86. The van der Waals surface area contributed by atoms with Gasteiger partial charge in [-0.1, -0.05) is 6.07 Å². The van der Waals surface area contributed by atoms with Crippen LogP contribution in [-0.2, 0) is 4.74 Å². The van der Waals surface area contributed by atoms with Crippen LogP contribution in [0.1, 0.15) is 25.5 Å². The maximum absolute atomic E-state index is 13.1. The summed E-state index contributed by atoms with van der Waals surface area (Å²) in [6.45, 7) is 4.36. The molecular formula is C11H16BrFN2O. The number of halogens is 2. The number of nitrogens with two attached hydrogens (primary N) is 1. The Hall–Kier alpha value is -0.490. The van der Waals surface area contributed by atoms with Gasteiger partial charge in [-0.25, -0.2) is 4.39 Å². The minimum Gasteiger partial charge on any atom is -0.377 e. The van der Waals surface area contributed by atoms with Gasteiger partial charge >= 0.3 is 0 Å². The highest BCUT2D eigenvalue weighted by Gasteiger charge is 2.12. The summed E-state index contributed by atoms with van der Waals surface area (Å²) in [5.74, 6) is 5.15. The molecule has 1 rings (SSSR count). The summed E-state index contributed by atoms with van der Waals surface area (Å²) in [5.41, 5.74) is 3.54. The molecule has 0 aliphatic heterocycles. The van der Waals surface area contributed by atoms with Crippen LogP contribution in [0.25, 0.3) is 0 Å². The molecule has 1 unspecified atom stereocenters. The Balaban J connectivity index is 2.74. The van der Waals surface area contributed by atoms with E-state index in [9.17, 15) is 4.39 Å². The standard InChI is InChI=1S/C11H16BrFN2O/c1-7(2)16-6-11(15-14)8-3-4-10(13)9(12)5-8/h3-5,7,11,15H,6,14H2,1-2H3. The van der Waals surface area contributed by atoms with Crippen LogP contribution < -0.4 is 11.3 Å². The second-order valence-corrected chi connectivity index (χ2v) is 4.63. The van der Waals surface area contributed by atoms with Crippen molar-refractivity contribution in [1.29, 1.82) is 0 Å². The lowest BCUT2D eigenvalue weighted by Gasteiger charge is -2.18. The maximum atomic E-state index is 13.1. The van der Waals surface area contributed by atoms with Crippen LogP contribution in [0.2, 0.25) is 0 Å². The van der Waals surface area contributed by atoms with Gasteiger partial charge in [0.1, 0.15) is 5.82 Å². The van der Waals surface area contributed by atoms with E-state index in [1.807, 2.05) is 13.8 Å². The Labute approximate surface area is 103 Å². The SMILES string of the molecule is CC(C)OCC(NN)c1ccc(F)c(Br)c1. The van der Waals surface area contributed by atoms with E-state index in [1.54, 1.807) is 12.1 Å². The predicted octanol–water partition coefficient (Wildman–Crippen LogP) is 2.52. The van der Waals surface area contributed by atoms with Crippen molar-refractivity contribution >= 4 is 15.9 Å². The van der Waals surface area contributed by atoms with Crippen LogP contribution in [0.15, 0.2) is 22.7 Å². The number of nitrogens with one attached hydrogen (secondary N) is 1. The lowest BCUT2D eigenvalue weighted by atomic mass is 10.1. The van der Waals surface area contributed by atoms with Crippen molar-refractivity contribution in [3.05, 3.63) is 34.1 Å². The van der Waals surface area contributed by atoms with Crippen LogP contribution >= 0.6 is 15.9 Å². The quantitative estimate of drug-likeness (QED) is 0.647. The van der Waals surface area contributed by atoms with Crippen molar-refractivity contribution in [3.8, 4) is 0 Å². The number of hydrogen-bond acceptors (Lipinski definition) is 3. The molecule has 0 aromatic heterocycles. The summed E-state index contributed by atoms with van der Waals surface area (Å²) in [4.78, 5) is 0. The third-order valence-corrected chi connectivity index (χ3v) is 2.75. The van der Waals surface area contributed by atoms with Gasteiger partial charge < -0.3 is 4.74 Å². The van der Waals surface area contributed by atoms with Gasteiger partial charge in [0.2, 0.25) is 0 Å². The molecule has 0 heterocycles. The molecule has 3 nitrogen and oxygen atoms in total. The first-order valence-electron chi connectivity index (χ1n) is 5.07. The lowest BCUT2D eigenvalue weighted by Crippen LogP contribution is -2.32. The van der Waals surface area contributed by atoms with E-state index in [0.717, 1.165) is 5.56 Å². The molecule has 0 aliphatic carbocycles. The van der Waals surface area contributed by atoms with Crippen LogP contribution in [0.4, 0.5) is 4.39 Å². The molecule has 0 fully saturated rings. The summed E-state index contributed by atoms with van der Waals surface area (Å²) >= 11 is 3.14. The van der Waals surface area contributed by atoms with E-state index in [-0.39, 0.29) is 18.0 Å². The molecule has 1 aromatic rings. The number of ether oxygens (including phenoxy) is 1. The Kier molecular flexibility index (Phi) is 5.34. The zero-order valence-corrected chi connectivity index (χ0v) is 10.9. The monoisotopic (exact) mass is 290 g/mol. The Bertz CT molecular complexity index is 347. The summed E-state index contributed by atoms with van der Waals surface area (Å²) in [7, 11) is 0. The number of rotatable bonds is 5. The Morgan fingerprint density at radius 3 is 2.69 bits per heavy atom. The molecule has 0 radical (unpaired) electrons. The summed E-state index contributed by atoms with van der Waals surface area (Å²) in [6, 6.07) is 4.65. The van der Waals surface area contributed by atoms with Gasteiger partial charge in [-0.05, 0) is 47.5 Å². The molecule has 90 valence electrons. The summed E-state index contributed by atoms with van der Waals surface area (Å²) in [6.07, 6.45) is 0.139. The van der Waals surface area contributed by atoms with E-state index in [4.69, 9.17) is 10.6 Å². The van der Waals surface area contributed by atoms with E-state index in [2.05, 4.69) is 21.4 Å². The normalized spacial score (nSPS) is 13.1. The number of hydrazine groups is 1. The zero-order valence-electron chi connectivity index (χ0n) is 9.34. The van der Waals surface area contributed by atoms with E-state index in [0.29, 0.717) is 11.1 Å². The van der Waals surface area contributed by atoms with Crippen molar-refractivity contribution < 1.29 is 9.13 Å². The van der Waals surface area contributed by atoms with Gasteiger partial charge in [0, 0.05) is 0 Å². The highest BCUT2D eigenvalue weighted by molar-refractivity contribution is 9.10. The molecule has 0 aliphatic rings. The average molecular weight is 291 g/mol. The summed E-state index contributed by atoms with van der Waals surface area (Å²) in [5, 5.41) is 0. The van der Waals surface area contributed by atoms with Crippen molar-refractivity contribution in [1.82, 2.24) is 5.43 Å². The van der Waals surface area contributed by atoms with E-state index >= 15 is 0 Å². The molecule has 0 saturated heterocycles. The molecular weight excluding hydrogens is 275 g/mol. The molecule has 0 bridgehead atoms. The van der Waals surface area contributed by atoms with Gasteiger partial charge in [0.05, 0.1) is 23.2 Å². The third-order valence-electron chi connectivity index (χ3n) is 2.14. The van der Waals surface area contributed by atoms with Gasteiger partial charge in [-0.15, -0.1) is 0 Å². The van der Waals surface area contributed by atoms with Crippen LogP contribution in [0.3, 0.4) is 0 Å². The Morgan fingerprint density at radius 2 is 2.19 bits per heavy atom. The molecule has 0 saturated carbocycles. The fourth-order valence-electron chi connectivity index (χ4n) is 1.26. The van der Waals surface area contributed by atoms with Gasteiger partial charge in [0.15, 0.2) is 0 Å².